The molecular weight excluding hydrogens is 312 g/mol. The number of rotatable bonds is 3. The standard InChI is InChI=1S/C16H18N4O4/c17-13(21)6-9-2-1-3-10-8-20(5-4-11(9)10)15(23)12-7-14(22)19-16(24)18-12/h1-3,12H,4-8H2,(H2,17,21)(H2,18,19,22,24)/t12-/m0/s1. The second kappa shape index (κ2) is 6.31. The Morgan fingerprint density at radius 2 is 2.08 bits per heavy atom. The molecule has 3 rings (SSSR count). The fourth-order valence-electron chi connectivity index (χ4n) is 3.21. The molecule has 2 aliphatic rings. The maximum atomic E-state index is 12.6. The topological polar surface area (TPSA) is 122 Å². The Hall–Kier alpha value is -2.90. The Bertz CT molecular complexity index is 715. The molecule has 5 amide bonds. The van der Waals surface area contributed by atoms with Crippen molar-refractivity contribution in [1.82, 2.24) is 15.5 Å². The van der Waals surface area contributed by atoms with E-state index in [9.17, 15) is 19.2 Å². The van der Waals surface area contributed by atoms with E-state index in [4.69, 9.17) is 5.73 Å². The number of nitrogens with one attached hydrogen (secondary N) is 2. The van der Waals surface area contributed by atoms with Crippen molar-refractivity contribution in [2.75, 3.05) is 6.54 Å². The highest BCUT2D eigenvalue weighted by Crippen LogP contribution is 2.24. The van der Waals surface area contributed by atoms with Crippen molar-refractivity contribution < 1.29 is 19.2 Å². The highest BCUT2D eigenvalue weighted by atomic mass is 16.2. The average Bonchev–Trinajstić information content (AvgIpc) is 2.52. The van der Waals surface area contributed by atoms with Crippen molar-refractivity contribution in [2.24, 2.45) is 5.73 Å². The lowest BCUT2D eigenvalue weighted by atomic mass is 9.92. The Morgan fingerprint density at radius 1 is 1.29 bits per heavy atom. The van der Waals surface area contributed by atoms with Gasteiger partial charge in [0.1, 0.15) is 6.04 Å². The van der Waals surface area contributed by atoms with Gasteiger partial charge in [0.25, 0.3) is 0 Å². The van der Waals surface area contributed by atoms with Gasteiger partial charge in [0.05, 0.1) is 12.8 Å². The van der Waals surface area contributed by atoms with Crippen LogP contribution in [0, 0.1) is 0 Å². The molecule has 0 bridgehead atoms. The molecule has 2 aliphatic heterocycles. The van der Waals surface area contributed by atoms with E-state index < -0.39 is 23.9 Å². The first kappa shape index (κ1) is 16.0. The summed E-state index contributed by atoms with van der Waals surface area (Å²) in [5.41, 5.74) is 8.17. The Morgan fingerprint density at radius 3 is 2.79 bits per heavy atom. The molecule has 0 radical (unpaired) electrons. The van der Waals surface area contributed by atoms with Gasteiger partial charge in [-0.3, -0.25) is 19.7 Å². The molecule has 0 aliphatic carbocycles. The summed E-state index contributed by atoms with van der Waals surface area (Å²) in [5.74, 6) is -1.12. The van der Waals surface area contributed by atoms with Crippen molar-refractivity contribution in [2.45, 2.75) is 31.8 Å². The van der Waals surface area contributed by atoms with Crippen LogP contribution >= 0.6 is 0 Å². The normalized spacial score (nSPS) is 20.0. The molecule has 1 aromatic carbocycles. The van der Waals surface area contributed by atoms with Crippen molar-refractivity contribution >= 4 is 23.8 Å². The minimum absolute atomic E-state index is 0.0599. The van der Waals surface area contributed by atoms with Gasteiger partial charge in [0.15, 0.2) is 0 Å². The predicted octanol–water partition coefficient (Wildman–Crippen LogP) is -0.803. The SMILES string of the molecule is NC(=O)Cc1cccc2c1CCN(C(=O)[C@@H]1CC(=O)NC(=O)N1)C2. The number of carbonyl (C=O) groups excluding carboxylic acids is 4. The van der Waals surface area contributed by atoms with Gasteiger partial charge >= 0.3 is 6.03 Å². The fraction of sp³-hybridized carbons (Fsp3) is 0.375. The van der Waals surface area contributed by atoms with Crippen LogP contribution in [0.25, 0.3) is 0 Å². The van der Waals surface area contributed by atoms with Gasteiger partial charge in [0, 0.05) is 13.1 Å². The molecule has 1 atom stereocenters. The highest BCUT2D eigenvalue weighted by Gasteiger charge is 2.33. The molecule has 1 aromatic rings. The Balaban J connectivity index is 1.75. The number of urea groups is 1. The minimum Gasteiger partial charge on any atom is -0.369 e. The molecule has 0 aromatic heterocycles. The predicted molar refractivity (Wildman–Crippen MR) is 83.5 cm³/mol. The van der Waals surface area contributed by atoms with Gasteiger partial charge in [-0.1, -0.05) is 18.2 Å². The van der Waals surface area contributed by atoms with E-state index in [0.717, 1.165) is 16.7 Å². The summed E-state index contributed by atoms with van der Waals surface area (Å²) in [6, 6.07) is 4.13. The second-order valence-electron chi connectivity index (χ2n) is 5.99. The zero-order valence-corrected chi connectivity index (χ0v) is 13.0. The molecule has 8 nitrogen and oxygen atoms in total. The monoisotopic (exact) mass is 330 g/mol. The van der Waals surface area contributed by atoms with Crippen LogP contribution in [0.2, 0.25) is 0 Å². The molecule has 1 saturated heterocycles. The number of imide groups is 1. The first-order valence-corrected chi connectivity index (χ1v) is 7.71. The number of nitrogens with two attached hydrogens (primary N) is 1. The molecule has 126 valence electrons. The summed E-state index contributed by atoms with van der Waals surface area (Å²) >= 11 is 0. The van der Waals surface area contributed by atoms with Crippen LogP contribution in [0.3, 0.4) is 0 Å². The van der Waals surface area contributed by atoms with Crippen molar-refractivity contribution in [3.8, 4) is 0 Å². The van der Waals surface area contributed by atoms with Crippen molar-refractivity contribution in [3.05, 3.63) is 34.9 Å². The summed E-state index contributed by atoms with van der Waals surface area (Å²) in [6.45, 7) is 0.852. The van der Waals surface area contributed by atoms with Crippen LogP contribution in [0.4, 0.5) is 4.79 Å². The summed E-state index contributed by atoms with van der Waals surface area (Å²) in [4.78, 5) is 48.2. The van der Waals surface area contributed by atoms with E-state index in [1.54, 1.807) is 4.90 Å². The van der Waals surface area contributed by atoms with Gasteiger partial charge < -0.3 is 16.0 Å². The molecule has 24 heavy (non-hydrogen) atoms. The molecule has 1 fully saturated rings. The van der Waals surface area contributed by atoms with Crippen molar-refractivity contribution in [1.29, 1.82) is 0 Å². The Kier molecular flexibility index (Phi) is 4.20. The third-order valence-electron chi connectivity index (χ3n) is 4.29. The number of nitrogens with zero attached hydrogens (tertiary/aromatic N) is 1. The van der Waals surface area contributed by atoms with Gasteiger partial charge in [-0.05, 0) is 23.1 Å². The van der Waals surface area contributed by atoms with Crippen molar-refractivity contribution in [3.63, 3.8) is 0 Å². The smallest absolute Gasteiger partial charge is 0.322 e. The van der Waals surface area contributed by atoms with Crippen LogP contribution in [0.5, 0.6) is 0 Å². The summed E-state index contributed by atoms with van der Waals surface area (Å²) < 4.78 is 0. The van der Waals surface area contributed by atoms with E-state index in [0.29, 0.717) is 19.5 Å². The molecule has 0 spiro atoms. The zero-order valence-electron chi connectivity index (χ0n) is 13.0. The second-order valence-corrected chi connectivity index (χ2v) is 5.99. The number of fused-ring (bicyclic) bond motifs is 1. The molecular formula is C16H18N4O4. The lowest BCUT2D eigenvalue weighted by molar-refractivity contribution is -0.137. The first-order chi connectivity index (χ1) is 11.4. The lowest BCUT2D eigenvalue weighted by Gasteiger charge is -2.33. The van der Waals surface area contributed by atoms with Crippen LogP contribution in [-0.4, -0.2) is 41.2 Å². The lowest BCUT2D eigenvalue weighted by Crippen LogP contribution is -2.58. The molecule has 0 saturated carbocycles. The van der Waals surface area contributed by atoms with E-state index in [-0.39, 0.29) is 18.7 Å². The maximum Gasteiger partial charge on any atom is 0.322 e. The summed E-state index contributed by atoms with van der Waals surface area (Å²) in [7, 11) is 0. The number of carbonyl (C=O) groups is 4. The average molecular weight is 330 g/mol. The molecule has 4 N–H and O–H groups in total. The highest BCUT2D eigenvalue weighted by molar-refractivity contribution is 6.02. The minimum atomic E-state index is -0.832. The zero-order chi connectivity index (χ0) is 17.3. The van der Waals surface area contributed by atoms with Gasteiger partial charge in [-0.15, -0.1) is 0 Å². The fourth-order valence-corrected chi connectivity index (χ4v) is 3.21. The number of primary amides is 1. The van der Waals surface area contributed by atoms with Gasteiger partial charge in [0.2, 0.25) is 17.7 Å². The summed E-state index contributed by atoms with van der Waals surface area (Å²) in [5, 5.41) is 4.59. The van der Waals surface area contributed by atoms with Crippen LogP contribution < -0.4 is 16.4 Å². The third-order valence-corrected chi connectivity index (χ3v) is 4.29. The van der Waals surface area contributed by atoms with E-state index >= 15 is 0 Å². The van der Waals surface area contributed by atoms with E-state index in [2.05, 4.69) is 10.6 Å². The van der Waals surface area contributed by atoms with Crippen LogP contribution in [0.15, 0.2) is 18.2 Å². The largest absolute Gasteiger partial charge is 0.369 e. The maximum absolute atomic E-state index is 12.6. The van der Waals surface area contributed by atoms with Crippen LogP contribution in [0.1, 0.15) is 23.1 Å². The van der Waals surface area contributed by atoms with E-state index in [1.807, 2.05) is 18.2 Å². The molecule has 0 unspecified atom stereocenters. The number of hydrogen-bond donors (Lipinski definition) is 3. The third kappa shape index (κ3) is 3.22. The number of hydrogen-bond acceptors (Lipinski definition) is 4. The van der Waals surface area contributed by atoms with Gasteiger partial charge in [-0.2, -0.15) is 0 Å². The molecule has 8 heteroatoms. The Labute approximate surface area is 138 Å². The van der Waals surface area contributed by atoms with E-state index in [1.165, 1.54) is 0 Å². The number of benzene rings is 1. The van der Waals surface area contributed by atoms with Gasteiger partial charge in [-0.25, -0.2) is 4.79 Å². The number of amides is 5. The molecule has 2 heterocycles. The summed E-state index contributed by atoms with van der Waals surface area (Å²) in [6.07, 6.45) is 0.725. The first-order valence-electron chi connectivity index (χ1n) is 7.71. The van der Waals surface area contributed by atoms with Crippen LogP contribution in [-0.2, 0) is 33.8 Å². The quantitative estimate of drug-likeness (QED) is 0.671.